The fourth-order valence-corrected chi connectivity index (χ4v) is 4.35. The van der Waals surface area contributed by atoms with Crippen molar-refractivity contribution in [2.24, 2.45) is 11.8 Å². The highest BCUT2D eigenvalue weighted by molar-refractivity contribution is 5.80. The molecule has 1 unspecified atom stereocenters. The molecule has 1 spiro atoms. The van der Waals surface area contributed by atoms with Crippen LogP contribution in [-0.4, -0.2) is 62.5 Å². The molecular formula is C21H28FNO4. The Morgan fingerprint density at radius 2 is 1.93 bits per heavy atom. The summed E-state index contributed by atoms with van der Waals surface area (Å²) in [5.41, 5.74) is 0.188. The third-order valence-corrected chi connectivity index (χ3v) is 6.18. The van der Waals surface area contributed by atoms with E-state index >= 15 is 0 Å². The highest BCUT2D eigenvalue weighted by Crippen LogP contribution is 2.40. The molecular weight excluding hydrogens is 349 g/mol. The largest absolute Gasteiger partial charge is 0.381 e. The van der Waals surface area contributed by atoms with E-state index in [1.807, 2.05) is 0 Å². The lowest BCUT2D eigenvalue weighted by molar-refractivity contribution is -0.168. The molecule has 0 saturated carbocycles. The van der Waals surface area contributed by atoms with Crippen molar-refractivity contribution in [3.05, 3.63) is 35.6 Å². The molecule has 3 aliphatic rings. The number of amides is 1. The Bertz CT molecular complexity index is 655. The zero-order valence-electron chi connectivity index (χ0n) is 15.7. The Kier molecular flexibility index (Phi) is 5.76. The molecule has 1 amide bonds. The second-order valence-corrected chi connectivity index (χ2v) is 8.01. The highest BCUT2D eigenvalue weighted by atomic mass is 19.1. The molecule has 1 aromatic rings. The van der Waals surface area contributed by atoms with Gasteiger partial charge in [-0.15, -0.1) is 0 Å². The quantitative estimate of drug-likeness (QED) is 0.764. The van der Waals surface area contributed by atoms with Crippen LogP contribution in [0, 0.1) is 17.7 Å². The summed E-state index contributed by atoms with van der Waals surface area (Å²) in [5.74, 6) is 0.563. The zero-order chi connectivity index (χ0) is 18.7. The average molecular weight is 377 g/mol. The first-order valence-electron chi connectivity index (χ1n) is 9.97. The van der Waals surface area contributed by atoms with Gasteiger partial charge in [-0.3, -0.25) is 4.79 Å². The molecule has 6 heteroatoms. The molecule has 4 rings (SSSR count). The lowest BCUT2D eigenvalue weighted by Crippen LogP contribution is -2.66. The Hall–Kier alpha value is -1.50. The van der Waals surface area contributed by atoms with Crippen LogP contribution in [0.25, 0.3) is 0 Å². The molecule has 3 saturated heterocycles. The highest BCUT2D eigenvalue weighted by Gasteiger charge is 2.54. The summed E-state index contributed by atoms with van der Waals surface area (Å²) in [6, 6.07) is 6.46. The fraction of sp³-hybridized carbons (Fsp3) is 0.667. The third kappa shape index (κ3) is 4.18. The number of hydrogen-bond donors (Lipinski definition) is 0. The molecule has 5 nitrogen and oxygen atoms in total. The van der Waals surface area contributed by atoms with Gasteiger partial charge >= 0.3 is 0 Å². The van der Waals surface area contributed by atoms with Crippen LogP contribution in [0.15, 0.2) is 24.3 Å². The number of halogens is 1. The van der Waals surface area contributed by atoms with E-state index in [1.54, 1.807) is 23.1 Å². The van der Waals surface area contributed by atoms with Crippen molar-refractivity contribution in [2.45, 2.75) is 31.3 Å². The number of carbonyl (C=O) groups excluding carboxylic acids is 1. The summed E-state index contributed by atoms with van der Waals surface area (Å²) in [7, 11) is 0. The molecule has 3 aliphatic heterocycles. The fourth-order valence-electron chi connectivity index (χ4n) is 4.35. The second-order valence-electron chi connectivity index (χ2n) is 8.01. The van der Waals surface area contributed by atoms with Gasteiger partial charge in [-0.1, -0.05) is 18.2 Å². The van der Waals surface area contributed by atoms with E-state index in [0.717, 1.165) is 45.7 Å². The van der Waals surface area contributed by atoms with Crippen molar-refractivity contribution in [3.63, 3.8) is 0 Å². The van der Waals surface area contributed by atoms with Gasteiger partial charge in [-0.05, 0) is 36.8 Å². The van der Waals surface area contributed by atoms with Gasteiger partial charge < -0.3 is 19.1 Å². The molecule has 0 aromatic heterocycles. The van der Waals surface area contributed by atoms with E-state index in [1.165, 1.54) is 6.07 Å². The van der Waals surface area contributed by atoms with E-state index < -0.39 is 0 Å². The number of ether oxygens (including phenoxy) is 3. The van der Waals surface area contributed by atoms with E-state index in [9.17, 15) is 9.18 Å². The zero-order valence-corrected chi connectivity index (χ0v) is 15.7. The van der Waals surface area contributed by atoms with E-state index in [4.69, 9.17) is 14.2 Å². The maximum absolute atomic E-state index is 13.8. The molecule has 27 heavy (non-hydrogen) atoms. The van der Waals surface area contributed by atoms with Crippen LogP contribution >= 0.6 is 0 Å². The molecule has 0 bridgehead atoms. The van der Waals surface area contributed by atoms with Crippen LogP contribution < -0.4 is 0 Å². The van der Waals surface area contributed by atoms with Gasteiger partial charge in [0.1, 0.15) is 11.4 Å². The van der Waals surface area contributed by atoms with Gasteiger partial charge in [0.05, 0.1) is 26.1 Å². The predicted octanol–water partition coefficient (Wildman–Crippen LogP) is 2.43. The molecule has 1 aromatic carbocycles. The minimum Gasteiger partial charge on any atom is -0.381 e. The molecule has 0 radical (unpaired) electrons. The summed E-state index contributed by atoms with van der Waals surface area (Å²) >= 11 is 0. The Morgan fingerprint density at radius 1 is 1.15 bits per heavy atom. The molecule has 3 heterocycles. The van der Waals surface area contributed by atoms with Crippen molar-refractivity contribution in [1.82, 2.24) is 4.90 Å². The number of rotatable bonds is 6. The Labute approximate surface area is 159 Å². The summed E-state index contributed by atoms with van der Waals surface area (Å²) in [6.07, 6.45) is 3.23. The van der Waals surface area contributed by atoms with Gasteiger partial charge in [0.15, 0.2) is 0 Å². The Morgan fingerprint density at radius 3 is 2.70 bits per heavy atom. The lowest BCUT2D eigenvalue weighted by Gasteiger charge is -2.50. The van der Waals surface area contributed by atoms with Crippen LogP contribution in [0.4, 0.5) is 4.39 Å². The van der Waals surface area contributed by atoms with Crippen LogP contribution in [0.1, 0.15) is 24.8 Å². The molecule has 0 N–H and O–H groups in total. The summed E-state index contributed by atoms with van der Waals surface area (Å²) in [6.45, 7) is 5.05. The number of carbonyl (C=O) groups is 1. The number of hydrogen-bond acceptors (Lipinski definition) is 4. The first-order valence-corrected chi connectivity index (χ1v) is 9.97. The molecule has 148 valence electrons. The van der Waals surface area contributed by atoms with Gasteiger partial charge in [0, 0.05) is 32.3 Å². The van der Waals surface area contributed by atoms with Gasteiger partial charge in [0.2, 0.25) is 5.91 Å². The van der Waals surface area contributed by atoms with Crippen molar-refractivity contribution in [3.8, 4) is 0 Å². The van der Waals surface area contributed by atoms with Crippen LogP contribution in [0.5, 0.6) is 0 Å². The first-order chi connectivity index (χ1) is 13.2. The van der Waals surface area contributed by atoms with Crippen molar-refractivity contribution in [1.29, 1.82) is 0 Å². The Balaban J connectivity index is 1.24. The average Bonchev–Trinajstić information content (AvgIpc) is 3.07. The standard InChI is InChI=1S/C21H28FNO4/c22-19-4-2-1-3-17(19)11-20(24)23-14-21(15-23)18(7-10-27-21)13-26-12-16-5-8-25-9-6-16/h1-4,16,18H,5-15H2. The second kappa shape index (κ2) is 8.25. The van der Waals surface area contributed by atoms with Crippen LogP contribution in [0.3, 0.4) is 0 Å². The monoisotopic (exact) mass is 377 g/mol. The minimum absolute atomic E-state index is 0.0388. The number of nitrogens with zero attached hydrogens (tertiary/aromatic N) is 1. The van der Waals surface area contributed by atoms with Crippen molar-refractivity contribution < 1.29 is 23.4 Å². The van der Waals surface area contributed by atoms with Crippen molar-refractivity contribution >= 4 is 5.91 Å². The smallest absolute Gasteiger partial charge is 0.227 e. The molecule has 0 aliphatic carbocycles. The van der Waals surface area contributed by atoms with Crippen LogP contribution in [-0.2, 0) is 25.4 Å². The molecule has 1 atom stereocenters. The maximum atomic E-state index is 13.8. The van der Waals surface area contributed by atoms with E-state index in [0.29, 0.717) is 37.1 Å². The maximum Gasteiger partial charge on any atom is 0.227 e. The van der Waals surface area contributed by atoms with E-state index in [2.05, 4.69) is 0 Å². The summed E-state index contributed by atoms with van der Waals surface area (Å²) < 4.78 is 31.2. The van der Waals surface area contributed by atoms with Crippen molar-refractivity contribution in [2.75, 3.05) is 46.1 Å². The van der Waals surface area contributed by atoms with Gasteiger partial charge in [0.25, 0.3) is 0 Å². The van der Waals surface area contributed by atoms with Crippen LogP contribution in [0.2, 0.25) is 0 Å². The number of likely N-dealkylation sites (tertiary alicyclic amines) is 1. The predicted molar refractivity (Wildman–Crippen MR) is 97.8 cm³/mol. The molecule has 3 fully saturated rings. The summed E-state index contributed by atoms with van der Waals surface area (Å²) in [4.78, 5) is 14.3. The van der Waals surface area contributed by atoms with Gasteiger partial charge in [-0.25, -0.2) is 4.39 Å². The number of benzene rings is 1. The lowest BCUT2D eigenvalue weighted by atomic mass is 9.81. The first kappa shape index (κ1) is 18.8. The normalized spacial score (nSPS) is 24.9. The van der Waals surface area contributed by atoms with Gasteiger partial charge in [-0.2, -0.15) is 0 Å². The summed E-state index contributed by atoms with van der Waals surface area (Å²) in [5, 5.41) is 0. The topological polar surface area (TPSA) is 48.0 Å². The third-order valence-electron chi connectivity index (χ3n) is 6.18. The minimum atomic E-state index is -0.322. The van der Waals surface area contributed by atoms with E-state index in [-0.39, 0.29) is 23.7 Å². The SMILES string of the molecule is O=C(Cc1ccccc1F)N1CC2(C1)OCCC2COCC1CCOCC1.